The average molecular weight is 493 g/mol. The van der Waals surface area contributed by atoms with Crippen LogP contribution in [0.25, 0.3) is 0 Å². The summed E-state index contributed by atoms with van der Waals surface area (Å²) in [5.74, 6) is -0.475. The number of halogens is 3. The van der Waals surface area contributed by atoms with Gasteiger partial charge in [0.1, 0.15) is 6.61 Å². The van der Waals surface area contributed by atoms with Gasteiger partial charge in [-0.05, 0) is 69.2 Å². The number of carbonyl (C=O) groups excluding carboxylic acids is 2. The third-order valence-electron chi connectivity index (χ3n) is 6.23. The molecule has 0 saturated heterocycles. The van der Waals surface area contributed by atoms with Crippen LogP contribution < -0.4 is 10.6 Å². The maximum Gasteiger partial charge on any atom is 0.418 e. The minimum atomic E-state index is -4.55. The van der Waals surface area contributed by atoms with Crippen LogP contribution in [-0.2, 0) is 22.3 Å². The second kappa shape index (κ2) is 12.0. The van der Waals surface area contributed by atoms with Gasteiger partial charge in [0.2, 0.25) is 0 Å². The number of nitrogens with one attached hydrogen (secondary N) is 2. The van der Waals surface area contributed by atoms with Crippen molar-refractivity contribution in [3.05, 3.63) is 65.2 Å². The molecule has 0 bridgehead atoms. The molecule has 0 heterocycles. The Morgan fingerprint density at radius 1 is 1.03 bits per heavy atom. The first kappa shape index (κ1) is 26.4. The maximum absolute atomic E-state index is 13.5. The molecule has 35 heavy (non-hydrogen) atoms. The van der Waals surface area contributed by atoms with Crippen molar-refractivity contribution in [2.45, 2.75) is 64.4 Å². The molecule has 0 spiro atoms. The zero-order valence-electron chi connectivity index (χ0n) is 19.9. The summed E-state index contributed by atoms with van der Waals surface area (Å²) in [4.78, 5) is 24.2. The van der Waals surface area contributed by atoms with Gasteiger partial charge in [-0.3, -0.25) is 0 Å². The third kappa shape index (κ3) is 7.63. The highest BCUT2D eigenvalue weighted by molar-refractivity contribution is 5.91. The number of alkyl carbamates (subject to hydrolysis) is 1. The quantitative estimate of drug-likeness (QED) is 0.431. The van der Waals surface area contributed by atoms with Gasteiger partial charge >= 0.3 is 18.2 Å². The Labute approximate surface area is 203 Å². The van der Waals surface area contributed by atoms with Gasteiger partial charge in [0.05, 0.1) is 17.7 Å². The molecular formula is C26H31F3N2O4. The molecule has 1 amide bonds. The number of ether oxygens (including phenoxy) is 2. The molecule has 190 valence electrons. The SMILES string of the molecule is CCOC(=O)c1ccc(C(F)(F)F)c(NC2CCC(C(C)NC(=O)OCc3ccccc3)CC2)c1. The van der Waals surface area contributed by atoms with Crippen LogP contribution in [0.2, 0.25) is 0 Å². The zero-order chi connectivity index (χ0) is 25.4. The van der Waals surface area contributed by atoms with Gasteiger partial charge in [-0.2, -0.15) is 13.2 Å². The van der Waals surface area contributed by atoms with Crippen LogP contribution in [0.3, 0.4) is 0 Å². The molecule has 1 unspecified atom stereocenters. The number of benzene rings is 2. The molecule has 0 aromatic heterocycles. The Morgan fingerprint density at radius 2 is 1.71 bits per heavy atom. The van der Waals surface area contributed by atoms with E-state index in [-0.39, 0.29) is 42.5 Å². The zero-order valence-corrected chi connectivity index (χ0v) is 19.9. The first-order chi connectivity index (χ1) is 16.7. The lowest BCUT2D eigenvalue weighted by Gasteiger charge is -2.33. The summed E-state index contributed by atoms with van der Waals surface area (Å²) >= 11 is 0. The maximum atomic E-state index is 13.5. The fraction of sp³-hybridized carbons (Fsp3) is 0.462. The van der Waals surface area contributed by atoms with E-state index in [1.165, 1.54) is 6.07 Å². The number of rotatable bonds is 8. The standard InChI is InChI=1S/C26H31F3N2O4/c1-3-34-24(32)20-11-14-22(26(27,28)29)23(15-20)31-21-12-9-19(10-13-21)17(2)30-25(33)35-16-18-7-5-4-6-8-18/h4-8,11,14-15,17,19,21,31H,3,9-10,12-13,16H2,1-2H3,(H,30,33). The third-order valence-corrected chi connectivity index (χ3v) is 6.23. The number of anilines is 1. The minimum Gasteiger partial charge on any atom is -0.462 e. The van der Waals surface area contributed by atoms with Crippen molar-refractivity contribution in [2.24, 2.45) is 5.92 Å². The van der Waals surface area contributed by atoms with Crippen LogP contribution in [0.15, 0.2) is 48.5 Å². The molecule has 1 fully saturated rings. The molecule has 6 nitrogen and oxygen atoms in total. The molecule has 1 atom stereocenters. The van der Waals surface area contributed by atoms with E-state index in [0.717, 1.165) is 30.5 Å². The number of alkyl halides is 3. The van der Waals surface area contributed by atoms with Crippen LogP contribution in [-0.4, -0.2) is 30.8 Å². The molecule has 1 saturated carbocycles. The Bertz CT molecular complexity index is 990. The van der Waals surface area contributed by atoms with Gasteiger partial charge in [-0.1, -0.05) is 30.3 Å². The summed E-state index contributed by atoms with van der Waals surface area (Å²) in [6, 6.07) is 12.3. The van der Waals surface area contributed by atoms with E-state index in [1.807, 2.05) is 37.3 Å². The van der Waals surface area contributed by atoms with Gasteiger partial charge in [-0.15, -0.1) is 0 Å². The predicted molar refractivity (Wildman–Crippen MR) is 126 cm³/mol. The minimum absolute atomic E-state index is 0.0721. The van der Waals surface area contributed by atoms with E-state index < -0.39 is 23.8 Å². The van der Waals surface area contributed by atoms with Gasteiger partial charge in [0.25, 0.3) is 0 Å². The van der Waals surface area contributed by atoms with Crippen LogP contribution in [0.1, 0.15) is 61.0 Å². The van der Waals surface area contributed by atoms with E-state index >= 15 is 0 Å². The number of amides is 1. The molecule has 1 aliphatic carbocycles. The number of carbonyl (C=O) groups is 2. The molecule has 0 radical (unpaired) electrons. The van der Waals surface area contributed by atoms with E-state index in [4.69, 9.17) is 9.47 Å². The lowest BCUT2D eigenvalue weighted by Crippen LogP contribution is -2.41. The second-order valence-corrected chi connectivity index (χ2v) is 8.73. The van der Waals surface area contributed by atoms with Gasteiger partial charge < -0.3 is 20.1 Å². The van der Waals surface area contributed by atoms with E-state index in [0.29, 0.717) is 12.8 Å². The number of hydrogen-bond acceptors (Lipinski definition) is 5. The predicted octanol–water partition coefficient (Wildman–Crippen LogP) is 6.17. The second-order valence-electron chi connectivity index (χ2n) is 8.73. The highest BCUT2D eigenvalue weighted by Crippen LogP contribution is 2.37. The summed E-state index contributed by atoms with van der Waals surface area (Å²) in [5, 5.41) is 5.86. The van der Waals surface area contributed by atoms with Gasteiger partial charge in [0.15, 0.2) is 0 Å². The fourth-order valence-electron chi connectivity index (χ4n) is 4.30. The summed E-state index contributed by atoms with van der Waals surface area (Å²) in [7, 11) is 0. The van der Waals surface area contributed by atoms with Crippen LogP contribution >= 0.6 is 0 Å². The summed E-state index contributed by atoms with van der Waals surface area (Å²) in [6.07, 6.45) is -2.31. The smallest absolute Gasteiger partial charge is 0.418 e. The fourth-order valence-corrected chi connectivity index (χ4v) is 4.30. The van der Waals surface area contributed by atoms with Crippen LogP contribution in [0, 0.1) is 5.92 Å². The van der Waals surface area contributed by atoms with E-state index in [9.17, 15) is 22.8 Å². The summed E-state index contributed by atoms with van der Waals surface area (Å²) in [5.41, 5.74) is 0.0287. The molecule has 2 N–H and O–H groups in total. The highest BCUT2D eigenvalue weighted by Gasteiger charge is 2.35. The van der Waals surface area contributed by atoms with Crippen molar-refractivity contribution in [2.75, 3.05) is 11.9 Å². The van der Waals surface area contributed by atoms with Crippen LogP contribution in [0.4, 0.5) is 23.7 Å². The summed E-state index contributed by atoms with van der Waals surface area (Å²) < 4.78 is 50.8. The van der Waals surface area contributed by atoms with Crippen molar-refractivity contribution in [1.82, 2.24) is 5.32 Å². The van der Waals surface area contributed by atoms with Crippen molar-refractivity contribution in [3.63, 3.8) is 0 Å². The molecular weight excluding hydrogens is 461 g/mol. The first-order valence-electron chi connectivity index (χ1n) is 11.8. The number of hydrogen-bond donors (Lipinski definition) is 2. The summed E-state index contributed by atoms with van der Waals surface area (Å²) in [6.45, 7) is 3.87. The molecule has 2 aromatic carbocycles. The van der Waals surface area contributed by atoms with E-state index in [1.54, 1.807) is 6.92 Å². The lowest BCUT2D eigenvalue weighted by molar-refractivity contribution is -0.137. The van der Waals surface area contributed by atoms with Crippen molar-refractivity contribution in [3.8, 4) is 0 Å². The van der Waals surface area contributed by atoms with Crippen molar-refractivity contribution >= 4 is 17.7 Å². The number of esters is 1. The molecule has 2 aromatic rings. The Morgan fingerprint density at radius 3 is 2.34 bits per heavy atom. The van der Waals surface area contributed by atoms with Crippen LogP contribution in [0.5, 0.6) is 0 Å². The Hall–Kier alpha value is -3.23. The molecule has 0 aliphatic heterocycles. The van der Waals surface area contributed by atoms with Crippen molar-refractivity contribution in [1.29, 1.82) is 0 Å². The highest BCUT2D eigenvalue weighted by atomic mass is 19.4. The molecule has 1 aliphatic rings. The van der Waals surface area contributed by atoms with Gasteiger partial charge in [-0.25, -0.2) is 9.59 Å². The van der Waals surface area contributed by atoms with Crippen molar-refractivity contribution < 1.29 is 32.2 Å². The largest absolute Gasteiger partial charge is 0.462 e. The first-order valence-corrected chi connectivity index (χ1v) is 11.8. The Balaban J connectivity index is 1.54. The monoisotopic (exact) mass is 492 g/mol. The average Bonchev–Trinajstić information content (AvgIpc) is 2.83. The van der Waals surface area contributed by atoms with Gasteiger partial charge in [0, 0.05) is 17.8 Å². The molecule has 3 rings (SSSR count). The molecule has 9 heteroatoms. The van der Waals surface area contributed by atoms with E-state index in [2.05, 4.69) is 10.6 Å². The Kier molecular flexibility index (Phi) is 9.01. The lowest BCUT2D eigenvalue weighted by atomic mass is 9.82. The normalized spacial score (nSPS) is 18.9. The topological polar surface area (TPSA) is 76.7 Å².